The molecule has 0 aromatic heterocycles. The molecule has 0 heterocycles. The fourth-order valence-corrected chi connectivity index (χ4v) is 3.61. The quantitative estimate of drug-likeness (QED) is 0.318. The molecule has 1 atom stereocenters. The molecule has 3 aromatic rings. The van der Waals surface area contributed by atoms with Gasteiger partial charge in [-0.2, -0.15) is 5.26 Å². The number of carbonyl (C=O) groups is 1. The van der Waals surface area contributed by atoms with E-state index in [-0.39, 0.29) is 39.8 Å². The number of halogens is 3. The summed E-state index contributed by atoms with van der Waals surface area (Å²) in [7, 11) is 0. The van der Waals surface area contributed by atoms with E-state index in [1.807, 2.05) is 43.3 Å². The van der Waals surface area contributed by atoms with Crippen molar-refractivity contribution >= 4 is 35.2 Å². The Morgan fingerprint density at radius 1 is 1.12 bits per heavy atom. The van der Waals surface area contributed by atoms with Crippen LogP contribution in [0.4, 0.5) is 4.39 Å². The van der Waals surface area contributed by atoms with Crippen molar-refractivity contribution in [3.63, 3.8) is 0 Å². The van der Waals surface area contributed by atoms with Gasteiger partial charge in [0.15, 0.2) is 5.75 Å². The predicted octanol–water partition coefficient (Wildman–Crippen LogP) is 6.50. The van der Waals surface area contributed by atoms with E-state index in [0.29, 0.717) is 11.1 Å². The van der Waals surface area contributed by atoms with Crippen LogP contribution < -0.4 is 10.1 Å². The molecule has 162 valence electrons. The van der Waals surface area contributed by atoms with E-state index < -0.39 is 5.91 Å². The third-order valence-corrected chi connectivity index (χ3v) is 5.18. The predicted molar refractivity (Wildman–Crippen MR) is 124 cm³/mol. The standard InChI is InChI=1S/C25H19Cl2FN2O2/c1-16(19-7-3-2-4-8-19)30-25(31)20(14-29)10-18-12-22(26)24(23(27)13-18)32-15-17-6-5-9-21(28)11-17/h2-13,16H,15H2,1H3,(H,30,31)/b20-10-/t16-/m0/s1. The molecule has 0 aliphatic carbocycles. The van der Waals surface area contributed by atoms with Crippen LogP contribution in [0.1, 0.15) is 29.7 Å². The molecule has 0 aliphatic rings. The van der Waals surface area contributed by atoms with E-state index in [9.17, 15) is 14.4 Å². The normalized spacial score (nSPS) is 12.0. The zero-order chi connectivity index (χ0) is 23.1. The Morgan fingerprint density at radius 3 is 2.44 bits per heavy atom. The summed E-state index contributed by atoms with van der Waals surface area (Å²) in [4.78, 5) is 12.6. The maximum absolute atomic E-state index is 13.3. The fraction of sp³-hybridized carbons (Fsp3) is 0.120. The maximum Gasteiger partial charge on any atom is 0.262 e. The van der Waals surface area contributed by atoms with Crippen molar-refractivity contribution in [1.82, 2.24) is 5.32 Å². The van der Waals surface area contributed by atoms with Crippen LogP contribution in [0.2, 0.25) is 10.0 Å². The van der Waals surface area contributed by atoms with Gasteiger partial charge in [-0.1, -0.05) is 65.7 Å². The molecule has 0 saturated heterocycles. The molecule has 0 fully saturated rings. The lowest BCUT2D eigenvalue weighted by molar-refractivity contribution is -0.117. The number of carbonyl (C=O) groups excluding carboxylic acids is 1. The second-order valence-corrected chi connectivity index (χ2v) is 7.82. The van der Waals surface area contributed by atoms with E-state index in [0.717, 1.165) is 5.56 Å². The van der Waals surface area contributed by atoms with Crippen molar-refractivity contribution in [2.24, 2.45) is 0 Å². The van der Waals surface area contributed by atoms with Gasteiger partial charge in [0.25, 0.3) is 5.91 Å². The second-order valence-electron chi connectivity index (χ2n) is 7.01. The molecule has 7 heteroatoms. The van der Waals surface area contributed by atoms with Crippen LogP contribution in [-0.2, 0) is 11.4 Å². The summed E-state index contributed by atoms with van der Waals surface area (Å²) in [6, 6.07) is 20.1. The van der Waals surface area contributed by atoms with Crippen molar-refractivity contribution in [2.75, 3.05) is 0 Å². The Labute approximate surface area is 195 Å². The van der Waals surface area contributed by atoms with E-state index in [2.05, 4.69) is 5.32 Å². The summed E-state index contributed by atoms with van der Waals surface area (Å²) >= 11 is 12.6. The van der Waals surface area contributed by atoms with Crippen LogP contribution >= 0.6 is 23.2 Å². The van der Waals surface area contributed by atoms with Gasteiger partial charge in [-0.05, 0) is 54.0 Å². The summed E-state index contributed by atoms with van der Waals surface area (Å²) in [5.74, 6) is -0.648. The number of benzene rings is 3. The Bertz CT molecular complexity index is 1170. The minimum Gasteiger partial charge on any atom is -0.486 e. The first kappa shape index (κ1) is 23.3. The highest BCUT2D eigenvalue weighted by molar-refractivity contribution is 6.37. The van der Waals surface area contributed by atoms with Gasteiger partial charge in [0, 0.05) is 0 Å². The van der Waals surface area contributed by atoms with Crippen LogP contribution in [0, 0.1) is 17.1 Å². The van der Waals surface area contributed by atoms with Gasteiger partial charge < -0.3 is 10.1 Å². The molecular weight excluding hydrogens is 450 g/mol. The van der Waals surface area contributed by atoms with E-state index in [1.165, 1.54) is 18.2 Å². The summed E-state index contributed by atoms with van der Waals surface area (Å²) in [5.41, 5.74) is 1.92. The largest absolute Gasteiger partial charge is 0.486 e. The molecule has 4 nitrogen and oxygen atoms in total. The smallest absolute Gasteiger partial charge is 0.262 e. The number of hydrogen-bond acceptors (Lipinski definition) is 3. The minimum atomic E-state index is -0.512. The van der Waals surface area contributed by atoms with Gasteiger partial charge in [-0.15, -0.1) is 0 Å². The van der Waals surface area contributed by atoms with Crippen molar-refractivity contribution in [3.05, 3.63) is 105 Å². The molecule has 3 rings (SSSR count). The highest BCUT2D eigenvalue weighted by Gasteiger charge is 2.15. The molecule has 0 spiro atoms. The van der Waals surface area contributed by atoms with Gasteiger partial charge in [0.2, 0.25) is 0 Å². The lowest BCUT2D eigenvalue weighted by Gasteiger charge is -2.14. The third kappa shape index (κ3) is 6.10. The van der Waals surface area contributed by atoms with Crippen LogP contribution in [0.5, 0.6) is 5.75 Å². The van der Waals surface area contributed by atoms with Gasteiger partial charge in [0.05, 0.1) is 16.1 Å². The Morgan fingerprint density at radius 2 is 1.81 bits per heavy atom. The van der Waals surface area contributed by atoms with Crippen molar-refractivity contribution in [3.8, 4) is 11.8 Å². The molecular formula is C25H19Cl2FN2O2. The van der Waals surface area contributed by atoms with Gasteiger partial charge in [0.1, 0.15) is 24.1 Å². The average Bonchev–Trinajstić information content (AvgIpc) is 2.77. The summed E-state index contributed by atoms with van der Waals surface area (Å²) in [6.07, 6.45) is 1.40. The van der Waals surface area contributed by atoms with Crippen LogP contribution in [0.25, 0.3) is 6.08 Å². The van der Waals surface area contributed by atoms with E-state index in [1.54, 1.807) is 24.3 Å². The maximum atomic E-state index is 13.3. The number of nitrogens with one attached hydrogen (secondary N) is 1. The fourth-order valence-electron chi connectivity index (χ4n) is 3.00. The summed E-state index contributed by atoms with van der Waals surface area (Å²) in [5, 5.41) is 12.7. The monoisotopic (exact) mass is 468 g/mol. The number of rotatable bonds is 7. The summed E-state index contributed by atoms with van der Waals surface area (Å²) < 4.78 is 19.0. The average molecular weight is 469 g/mol. The van der Waals surface area contributed by atoms with Crippen LogP contribution in [-0.4, -0.2) is 5.91 Å². The first-order valence-corrected chi connectivity index (χ1v) is 10.5. The van der Waals surface area contributed by atoms with Crippen molar-refractivity contribution in [2.45, 2.75) is 19.6 Å². The number of nitriles is 1. The van der Waals surface area contributed by atoms with Crippen molar-refractivity contribution < 1.29 is 13.9 Å². The first-order chi connectivity index (χ1) is 15.4. The molecule has 0 unspecified atom stereocenters. The molecule has 32 heavy (non-hydrogen) atoms. The Kier molecular flexibility index (Phi) is 7.88. The number of amides is 1. The third-order valence-electron chi connectivity index (χ3n) is 4.62. The number of nitrogens with zero attached hydrogens (tertiary/aromatic N) is 1. The highest BCUT2D eigenvalue weighted by atomic mass is 35.5. The Hall–Kier alpha value is -3.33. The van der Waals surface area contributed by atoms with Crippen LogP contribution in [0.3, 0.4) is 0 Å². The van der Waals surface area contributed by atoms with Crippen LogP contribution in [0.15, 0.2) is 72.3 Å². The molecule has 0 aliphatic heterocycles. The molecule has 0 saturated carbocycles. The zero-order valence-corrected chi connectivity index (χ0v) is 18.6. The molecule has 0 radical (unpaired) electrons. The van der Waals surface area contributed by atoms with Gasteiger partial charge in [-0.3, -0.25) is 4.79 Å². The van der Waals surface area contributed by atoms with E-state index >= 15 is 0 Å². The topological polar surface area (TPSA) is 62.1 Å². The number of hydrogen-bond donors (Lipinski definition) is 1. The second kappa shape index (κ2) is 10.8. The van der Waals surface area contributed by atoms with Gasteiger partial charge >= 0.3 is 0 Å². The van der Waals surface area contributed by atoms with Gasteiger partial charge in [-0.25, -0.2) is 4.39 Å². The molecule has 0 bridgehead atoms. The molecule has 1 amide bonds. The molecule has 1 N–H and O–H groups in total. The Balaban J connectivity index is 1.74. The summed E-state index contributed by atoms with van der Waals surface area (Å²) in [6.45, 7) is 1.91. The first-order valence-electron chi connectivity index (χ1n) is 9.71. The zero-order valence-electron chi connectivity index (χ0n) is 17.1. The minimum absolute atomic E-state index is 0.0790. The molecule has 3 aromatic carbocycles. The highest BCUT2D eigenvalue weighted by Crippen LogP contribution is 2.35. The lowest BCUT2D eigenvalue weighted by atomic mass is 10.1. The van der Waals surface area contributed by atoms with E-state index in [4.69, 9.17) is 27.9 Å². The SMILES string of the molecule is C[C@H](NC(=O)/C(C#N)=C\c1cc(Cl)c(OCc2cccc(F)c2)c(Cl)c1)c1ccccc1. The van der Waals surface area contributed by atoms with Crippen molar-refractivity contribution in [1.29, 1.82) is 5.26 Å². The number of ether oxygens (including phenoxy) is 1. The lowest BCUT2D eigenvalue weighted by Crippen LogP contribution is -2.27.